The third-order valence-electron chi connectivity index (χ3n) is 1.12. The van der Waals surface area contributed by atoms with Crippen molar-refractivity contribution >= 4 is 11.6 Å². The van der Waals surface area contributed by atoms with Crippen LogP contribution in [0.1, 0.15) is 0 Å². The Morgan fingerprint density at radius 3 is 2.36 bits per heavy atom. The number of rotatable bonds is 3. The summed E-state index contributed by atoms with van der Waals surface area (Å²) >= 11 is 5.62. The summed E-state index contributed by atoms with van der Waals surface area (Å²) in [5.41, 5.74) is 0. The lowest BCUT2D eigenvalue weighted by molar-refractivity contribution is -0.877. The van der Waals surface area contributed by atoms with Gasteiger partial charge in [-0.1, -0.05) is 18.2 Å². The minimum absolute atomic E-state index is 0. The standard InChI is InChI=1S/C8H13ClN.ClH/c1-5-6-10(3,4)7-8(2)9;/h1H,2,6-7H2,3-4H3;1H/q+1;/p-1. The van der Waals surface area contributed by atoms with E-state index in [1.54, 1.807) is 0 Å². The van der Waals surface area contributed by atoms with Crippen LogP contribution in [0.2, 0.25) is 0 Å². The first-order chi connectivity index (χ1) is 4.48. The third kappa shape index (κ3) is 7.74. The smallest absolute Gasteiger partial charge is 0.140 e. The van der Waals surface area contributed by atoms with Gasteiger partial charge in [-0.15, -0.1) is 6.42 Å². The molecule has 0 saturated heterocycles. The number of terminal acetylenes is 1. The Labute approximate surface area is 80.0 Å². The van der Waals surface area contributed by atoms with Gasteiger partial charge in [0.1, 0.15) is 13.1 Å². The van der Waals surface area contributed by atoms with Crippen LogP contribution in [-0.2, 0) is 0 Å². The van der Waals surface area contributed by atoms with Gasteiger partial charge in [-0.05, 0) is 5.92 Å². The molecule has 0 rings (SSSR count). The summed E-state index contributed by atoms with van der Waals surface area (Å²) in [5, 5.41) is 0.653. The normalized spacial score (nSPS) is 9.64. The van der Waals surface area contributed by atoms with E-state index in [9.17, 15) is 0 Å². The predicted molar refractivity (Wildman–Crippen MR) is 45.7 cm³/mol. The maximum atomic E-state index is 5.62. The summed E-state index contributed by atoms with van der Waals surface area (Å²) in [6.07, 6.45) is 5.15. The Bertz CT molecular complexity index is 167. The van der Waals surface area contributed by atoms with E-state index in [2.05, 4.69) is 12.5 Å². The first-order valence-corrected chi connectivity index (χ1v) is 3.44. The van der Waals surface area contributed by atoms with Crippen LogP contribution in [0.5, 0.6) is 0 Å². The van der Waals surface area contributed by atoms with Gasteiger partial charge in [0.25, 0.3) is 0 Å². The molecular weight excluding hydrogens is 181 g/mol. The number of hydrogen-bond donors (Lipinski definition) is 0. The van der Waals surface area contributed by atoms with Gasteiger partial charge in [0.15, 0.2) is 0 Å². The first kappa shape index (κ1) is 13.4. The second-order valence-corrected chi connectivity index (χ2v) is 3.51. The van der Waals surface area contributed by atoms with Crippen LogP contribution in [0.4, 0.5) is 0 Å². The molecule has 0 aromatic carbocycles. The predicted octanol–water partition coefficient (Wildman–Crippen LogP) is -1.55. The highest BCUT2D eigenvalue weighted by molar-refractivity contribution is 6.29. The molecule has 0 aliphatic heterocycles. The molecule has 1 nitrogen and oxygen atoms in total. The van der Waals surface area contributed by atoms with Crippen LogP contribution in [-0.4, -0.2) is 31.7 Å². The van der Waals surface area contributed by atoms with Crippen molar-refractivity contribution in [1.82, 2.24) is 0 Å². The zero-order valence-electron chi connectivity index (χ0n) is 6.90. The van der Waals surface area contributed by atoms with Crippen LogP contribution in [0, 0.1) is 12.3 Å². The fourth-order valence-corrected chi connectivity index (χ4v) is 1.09. The second kappa shape index (κ2) is 5.49. The topological polar surface area (TPSA) is 0 Å². The number of likely N-dealkylation sites (N-methyl/N-ethyl adjacent to an activating group) is 1. The summed E-state index contributed by atoms with van der Waals surface area (Å²) in [6.45, 7) is 5.02. The third-order valence-corrected chi connectivity index (χ3v) is 1.24. The molecule has 0 heterocycles. The van der Waals surface area contributed by atoms with Crippen molar-refractivity contribution in [1.29, 1.82) is 0 Å². The number of quaternary nitrogens is 1. The van der Waals surface area contributed by atoms with E-state index in [0.717, 1.165) is 6.54 Å². The average Bonchev–Trinajstić information content (AvgIpc) is 1.59. The average molecular weight is 194 g/mol. The highest BCUT2D eigenvalue weighted by Crippen LogP contribution is 2.05. The summed E-state index contributed by atoms with van der Waals surface area (Å²) in [4.78, 5) is 0. The zero-order valence-corrected chi connectivity index (χ0v) is 8.41. The molecule has 0 amide bonds. The van der Waals surface area contributed by atoms with E-state index < -0.39 is 0 Å². The van der Waals surface area contributed by atoms with Crippen molar-refractivity contribution in [3.05, 3.63) is 11.6 Å². The van der Waals surface area contributed by atoms with Gasteiger partial charge in [0.2, 0.25) is 0 Å². The van der Waals surface area contributed by atoms with E-state index >= 15 is 0 Å². The molecule has 0 atom stereocenters. The molecule has 0 bridgehead atoms. The molecule has 0 radical (unpaired) electrons. The van der Waals surface area contributed by atoms with Gasteiger partial charge in [-0.25, -0.2) is 0 Å². The molecule has 0 aromatic rings. The molecule has 0 spiro atoms. The van der Waals surface area contributed by atoms with Gasteiger partial charge in [-0.2, -0.15) is 0 Å². The minimum Gasteiger partial charge on any atom is -1.00 e. The molecule has 3 heteroatoms. The Kier molecular flexibility index (Phi) is 6.70. The van der Waals surface area contributed by atoms with Crippen molar-refractivity contribution in [3.8, 4) is 12.3 Å². The molecule has 0 N–H and O–H groups in total. The van der Waals surface area contributed by atoms with Gasteiger partial charge >= 0.3 is 0 Å². The molecule has 0 unspecified atom stereocenters. The van der Waals surface area contributed by atoms with E-state index in [0.29, 0.717) is 16.1 Å². The van der Waals surface area contributed by atoms with E-state index in [-0.39, 0.29) is 12.4 Å². The van der Waals surface area contributed by atoms with Crippen LogP contribution >= 0.6 is 11.6 Å². The monoisotopic (exact) mass is 193 g/mol. The van der Waals surface area contributed by atoms with Crippen molar-refractivity contribution in [3.63, 3.8) is 0 Å². The van der Waals surface area contributed by atoms with Crippen molar-refractivity contribution in [2.24, 2.45) is 0 Å². The second-order valence-electron chi connectivity index (χ2n) is 2.97. The van der Waals surface area contributed by atoms with Gasteiger partial charge in [0.05, 0.1) is 19.1 Å². The highest BCUT2D eigenvalue weighted by Gasteiger charge is 2.12. The molecule has 0 aromatic heterocycles. The fraction of sp³-hybridized carbons (Fsp3) is 0.500. The van der Waals surface area contributed by atoms with Gasteiger partial charge < -0.3 is 16.9 Å². The van der Waals surface area contributed by atoms with Crippen LogP contribution in [0.3, 0.4) is 0 Å². The van der Waals surface area contributed by atoms with Crippen molar-refractivity contribution in [2.45, 2.75) is 0 Å². The largest absolute Gasteiger partial charge is 1.00 e. The Hall–Kier alpha value is -0.160. The van der Waals surface area contributed by atoms with E-state index in [1.807, 2.05) is 14.1 Å². The molecular formula is C8H13Cl2N. The van der Waals surface area contributed by atoms with Gasteiger partial charge in [-0.3, -0.25) is 0 Å². The highest BCUT2D eigenvalue weighted by atomic mass is 35.5. The van der Waals surface area contributed by atoms with Gasteiger partial charge in [0, 0.05) is 0 Å². The lowest BCUT2D eigenvalue weighted by Crippen LogP contribution is -3.00. The number of nitrogens with zero attached hydrogens (tertiary/aromatic N) is 1. The zero-order chi connectivity index (χ0) is 8.20. The molecule has 0 saturated carbocycles. The Morgan fingerprint density at radius 1 is 1.64 bits per heavy atom. The van der Waals surface area contributed by atoms with Crippen molar-refractivity contribution in [2.75, 3.05) is 27.2 Å². The molecule has 11 heavy (non-hydrogen) atoms. The van der Waals surface area contributed by atoms with E-state index in [1.165, 1.54) is 0 Å². The quantitative estimate of drug-likeness (QED) is 0.377. The lowest BCUT2D eigenvalue weighted by atomic mass is 10.4. The number of hydrogen-bond acceptors (Lipinski definition) is 0. The maximum Gasteiger partial charge on any atom is 0.140 e. The molecule has 0 aliphatic carbocycles. The minimum atomic E-state index is 0. The summed E-state index contributed by atoms with van der Waals surface area (Å²) in [6, 6.07) is 0. The fourth-order valence-electron chi connectivity index (χ4n) is 0.767. The molecule has 0 aliphatic rings. The Balaban J connectivity index is 0. The number of halogens is 2. The summed E-state index contributed by atoms with van der Waals surface area (Å²) < 4.78 is 0.707. The molecule has 64 valence electrons. The SMILES string of the molecule is C#CC[N+](C)(C)CC(=C)Cl.[Cl-]. The van der Waals surface area contributed by atoms with Crippen molar-refractivity contribution < 1.29 is 16.9 Å². The van der Waals surface area contributed by atoms with Crippen LogP contribution < -0.4 is 12.4 Å². The van der Waals surface area contributed by atoms with Crippen LogP contribution in [0.25, 0.3) is 0 Å². The Morgan fingerprint density at radius 2 is 2.09 bits per heavy atom. The summed E-state index contributed by atoms with van der Waals surface area (Å²) in [7, 11) is 4.04. The lowest BCUT2D eigenvalue weighted by Gasteiger charge is -2.26. The summed E-state index contributed by atoms with van der Waals surface area (Å²) in [5.74, 6) is 2.59. The molecule has 0 fully saturated rings. The first-order valence-electron chi connectivity index (χ1n) is 3.07. The van der Waals surface area contributed by atoms with E-state index in [4.69, 9.17) is 18.0 Å². The maximum absolute atomic E-state index is 5.62. The van der Waals surface area contributed by atoms with Crippen LogP contribution in [0.15, 0.2) is 11.6 Å².